The molecule has 0 aliphatic heterocycles. The first-order valence-corrected chi connectivity index (χ1v) is 7.22. The summed E-state index contributed by atoms with van der Waals surface area (Å²) in [6, 6.07) is 19.7. The Labute approximate surface area is 134 Å². The minimum Gasteiger partial charge on any atom is -0.368 e. The van der Waals surface area contributed by atoms with Crippen molar-refractivity contribution in [1.82, 2.24) is 9.78 Å². The number of benzene rings is 2. The molecular weight excluding hydrogens is 288 g/mol. The third-order valence-electron chi connectivity index (χ3n) is 3.29. The fourth-order valence-corrected chi connectivity index (χ4v) is 2.25. The highest BCUT2D eigenvalue weighted by Gasteiger charge is 2.10. The smallest absolute Gasteiger partial charge is 0.239 e. The summed E-state index contributed by atoms with van der Waals surface area (Å²) in [6.45, 7) is -0.0370. The van der Waals surface area contributed by atoms with E-state index in [9.17, 15) is 4.79 Å². The van der Waals surface area contributed by atoms with Crippen molar-refractivity contribution in [3.63, 3.8) is 0 Å². The lowest BCUT2D eigenvalue weighted by Gasteiger charge is -2.00. The molecule has 0 atom stereocenters. The minimum atomic E-state index is -0.460. The average molecular weight is 304 g/mol. The quantitative estimate of drug-likeness (QED) is 0.735. The molecule has 1 amide bonds. The Kier molecular flexibility index (Phi) is 4.29. The van der Waals surface area contributed by atoms with Crippen LogP contribution in [0.15, 0.2) is 71.9 Å². The van der Waals surface area contributed by atoms with E-state index in [4.69, 9.17) is 5.73 Å². The van der Waals surface area contributed by atoms with Crippen LogP contribution in [-0.4, -0.2) is 28.4 Å². The molecule has 114 valence electrons. The molecule has 1 heterocycles. The van der Waals surface area contributed by atoms with Crippen LogP contribution in [0.2, 0.25) is 0 Å². The van der Waals surface area contributed by atoms with Crippen molar-refractivity contribution in [2.45, 2.75) is 0 Å². The van der Waals surface area contributed by atoms with Gasteiger partial charge in [0.15, 0.2) is 0 Å². The zero-order valence-electron chi connectivity index (χ0n) is 12.5. The third-order valence-corrected chi connectivity index (χ3v) is 3.29. The third kappa shape index (κ3) is 3.52. The highest BCUT2D eigenvalue weighted by Crippen LogP contribution is 2.22. The summed E-state index contributed by atoms with van der Waals surface area (Å²) in [6.07, 6.45) is 3.53. The number of nitrogens with zero attached hydrogens (tertiary/aromatic N) is 3. The zero-order chi connectivity index (χ0) is 16.1. The van der Waals surface area contributed by atoms with Gasteiger partial charge < -0.3 is 5.73 Å². The first kappa shape index (κ1) is 14.7. The predicted octanol–water partition coefficient (Wildman–Crippen LogP) is 2.44. The molecule has 0 unspecified atom stereocenters. The van der Waals surface area contributed by atoms with Crippen molar-refractivity contribution >= 4 is 12.1 Å². The molecule has 0 saturated heterocycles. The number of hydrogen-bond acceptors (Lipinski definition) is 3. The van der Waals surface area contributed by atoms with Crippen LogP contribution < -0.4 is 5.73 Å². The maximum atomic E-state index is 10.9. The van der Waals surface area contributed by atoms with Gasteiger partial charge in [0, 0.05) is 23.5 Å². The first-order chi connectivity index (χ1) is 11.2. The van der Waals surface area contributed by atoms with Crippen molar-refractivity contribution in [1.29, 1.82) is 0 Å². The van der Waals surface area contributed by atoms with Gasteiger partial charge in [0.25, 0.3) is 0 Å². The van der Waals surface area contributed by atoms with Crippen molar-refractivity contribution in [2.75, 3.05) is 6.54 Å². The molecule has 5 nitrogen and oxygen atoms in total. The lowest BCUT2D eigenvalue weighted by molar-refractivity contribution is -0.116. The Morgan fingerprint density at radius 1 is 1.09 bits per heavy atom. The zero-order valence-corrected chi connectivity index (χ0v) is 12.5. The number of nitrogens with two attached hydrogens (primary N) is 1. The van der Waals surface area contributed by atoms with E-state index in [-0.39, 0.29) is 6.54 Å². The number of primary amides is 1. The Morgan fingerprint density at radius 3 is 2.39 bits per heavy atom. The SMILES string of the molecule is NC(=O)CN=Cc1cn(-c2ccccc2)nc1-c1ccccc1. The lowest BCUT2D eigenvalue weighted by atomic mass is 10.1. The largest absolute Gasteiger partial charge is 0.368 e. The lowest BCUT2D eigenvalue weighted by Crippen LogP contribution is -2.14. The molecule has 1 aromatic heterocycles. The Hall–Kier alpha value is -3.21. The molecule has 0 radical (unpaired) electrons. The number of carbonyl (C=O) groups excluding carboxylic acids is 1. The summed E-state index contributed by atoms with van der Waals surface area (Å²) < 4.78 is 1.80. The van der Waals surface area contributed by atoms with Crippen LogP contribution in [0.5, 0.6) is 0 Å². The van der Waals surface area contributed by atoms with Crippen LogP contribution in [0.4, 0.5) is 0 Å². The van der Waals surface area contributed by atoms with E-state index >= 15 is 0 Å². The van der Waals surface area contributed by atoms with E-state index in [0.717, 1.165) is 22.5 Å². The Balaban J connectivity index is 2.03. The maximum absolute atomic E-state index is 10.9. The molecule has 0 saturated carbocycles. The number of aliphatic imine (C=N–C) groups is 1. The predicted molar refractivity (Wildman–Crippen MR) is 90.7 cm³/mol. The molecule has 0 spiro atoms. The molecular formula is C18H16N4O. The maximum Gasteiger partial charge on any atom is 0.239 e. The van der Waals surface area contributed by atoms with Gasteiger partial charge in [0.1, 0.15) is 12.2 Å². The van der Waals surface area contributed by atoms with Crippen molar-refractivity contribution in [3.8, 4) is 16.9 Å². The minimum absolute atomic E-state index is 0.0370. The normalized spacial score (nSPS) is 11.0. The summed E-state index contributed by atoms with van der Waals surface area (Å²) in [4.78, 5) is 14.9. The van der Waals surface area contributed by atoms with Crippen LogP contribution in [0.25, 0.3) is 16.9 Å². The van der Waals surface area contributed by atoms with Gasteiger partial charge in [-0.2, -0.15) is 5.10 Å². The van der Waals surface area contributed by atoms with Gasteiger partial charge in [-0.05, 0) is 12.1 Å². The van der Waals surface area contributed by atoms with E-state index in [1.54, 1.807) is 10.9 Å². The van der Waals surface area contributed by atoms with Crippen LogP contribution in [-0.2, 0) is 4.79 Å². The van der Waals surface area contributed by atoms with Crippen LogP contribution in [0.1, 0.15) is 5.56 Å². The van der Waals surface area contributed by atoms with Crippen LogP contribution in [0, 0.1) is 0 Å². The molecule has 0 fully saturated rings. The Bertz CT molecular complexity index is 823. The topological polar surface area (TPSA) is 73.3 Å². The fourth-order valence-electron chi connectivity index (χ4n) is 2.25. The summed E-state index contributed by atoms with van der Waals surface area (Å²) in [5.41, 5.74) is 8.72. The number of hydrogen-bond donors (Lipinski definition) is 1. The fraction of sp³-hybridized carbons (Fsp3) is 0.0556. The Morgan fingerprint density at radius 2 is 1.74 bits per heavy atom. The van der Waals surface area contributed by atoms with E-state index in [0.29, 0.717) is 0 Å². The summed E-state index contributed by atoms with van der Waals surface area (Å²) in [7, 11) is 0. The highest BCUT2D eigenvalue weighted by atomic mass is 16.1. The average Bonchev–Trinajstić information content (AvgIpc) is 3.00. The monoisotopic (exact) mass is 304 g/mol. The van der Waals surface area contributed by atoms with E-state index in [1.807, 2.05) is 66.9 Å². The van der Waals surface area contributed by atoms with Crippen LogP contribution in [0.3, 0.4) is 0 Å². The first-order valence-electron chi connectivity index (χ1n) is 7.22. The highest BCUT2D eigenvalue weighted by molar-refractivity contribution is 5.90. The molecule has 0 aliphatic rings. The van der Waals surface area contributed by atoms with Gasteiger partial charge in [-0.1, -0.05) is 48.5 Å². The van der Waals surface area contributed by atoms with Gasteiger partial charge in [0.05, 0.1) is 5.69 Å². The molecule has 0 aliphatic carbocycles. The number of aromatic nitrogens is 2. The van der Waals surface area contributed by atoms with Gasteiger partial charge in [-0.3, -0.25) is 9.79 Å². The summed E-state index contributed by atoms with van der Waals surface area (Å²) in [5, 5.41) is 4.66. The van der Waals surface area contributed by atoms with E-state index in [1.165, 1.54) is 0 Å². The second-order valence-electron chi connectivity index (χ2n) is 5.02. The van der Waals surface area contributed by atoms with Crippen molar-refractivity contribution < 1.29 is 4.79 Å². The molecule has 5 heteroatoms. The van der Waals surface area contributed by atoms with Crippen molar-refractivity contribution in [3.05, 3.63) is 72.4 Å². The molecule has 2 aromatic carbocycles. The molecule has 2 N–H and O–H groups in total. The molecule has 3 rings (SSSR count). The molecule has 0 bridgehead atoms. The van der Waals surface area contributed by atoms with Crippen molar-refractivity contribution in [2.24, 2.45) is 10.7 Å². The van der Waals surface area contributed by atoms with Gasteiger partial charge >= 0.3 is 0 Å². The van der Waals surface area contributed by atoms with Gasteiger partial charge in [0.2, 0.25) is 5.91 Å². The number of amides is 1. The number of rotatable bonds is 5. The molecule has 23 heavy (non-hydrogen) atoms. The molecule has 3 aromatic rings. The second-order valence-corrected chi connectivity index (χ2v) is 5.02. The summed E-state index contributed by atoms with van der Waals surface area (Å²) in [5.74, 6) is -0.460. The van der Waals surface area contributed by atoms with E-state index in [2.05, 4.69) is 10.1 Å². The van der Waals surface area contributed by atoms with E-state index < -0.39 is 5.91 Å². The number of para-hydroxylation sites is 1. The number of carbonyl (C=O) groups is 1. The second kappa shape index (κ2) is 6.70. The summed E-state index contributed by atoms with van der Waals surface area (Å²) >= 11 is 0. The van der Waals surface area contributed by atoms with Gasteiger partial charge in [-0.15, -0.1) is 0 Å². The van der Waals surface area contributed by atoms with Gasteiger partial charge in [-0.25, -0.2) is 4.68 Å². The standard InChI is InChI=1S/C18H16N4O/c19-17(23)12-20-11-15-13-22(16-9-5-2-6-10-16)21-18(15)14-7-3-1-4-8-14/h1-11,13H,12H2,(H2,19,23). The van der Waals surface area contributed by atoms with Crippen LogP contribution >= 0.6 is 0 Å².